The highest BCUT2D eigenvalue weighted by Gasteiger charge is 2.45. The first-order valence-electron chi connectivity index (χ1n) is 8.48. The van der Waals surface area contributed by atoms with Crippen molar-refractivity contribution in [1.82, 2.24) is 0 Å². The molecule has 0 saturated carbocycles. The fourth-order valence-corrected chi connectivity index (χ4v) is 5.86. The van der Waals surface area contributed by atoms with Gasteiger partial charge in [-0.25, -0.2) is 0 Å². The molecule has 0 aliphatic carbocycles. The third kappa shape index (κ3) is 9.49. The summed E-state index contributed by atoms with van der Waals surface area (Å²) in [5.74, 6) is -0.989. The molecule has 8 heteroatoms. The Hall–Kier alpha value is 0.451. The molecular weight excluding hydrogens is 344 g/mol. The lowest BCUT2D eigenvalue weighted by atomic mass is 10.4. The lowest BCUT2D eigenvalue weighted by Crippen LogP contribution is -2.56. The Bertz CT molecular complexity index is 343. The van der Waals surface area contributed by atoms with Gasteiger partial charge in [0.15, 0.2) is 31.2 Å². The Labute approximate surface area is 145 Å². The quantitative estimate of drug-likeness (QED) is 0.320. The molecule has 1 rings (SSSR count). The van der Waals surface area contributed by atoms with E-state index in [-0.39, 0.29) is 12.4 Å². The van der Waals surface area contributed by atoms with E-state index in [0.717, 1.165) is 0 Å². The number of epoxide rings is 1. The topological polar surface area (TPSA) is 49.5 Å². The fraction of sp³-hybridized carbons (Fsp3) is 1.00. The van der Waals surface area contributed by atoms with E-state index < -0.39 is 30.9 Å². The maximum atomic E-state index is 6.45. The molecular formula is C15H36O5Si3. The molecule has 0 aromatic heterocycles. The van der Waals surface area contributed by atoms with E-state index in [4.69, 9.17) is 22.8 Å². The van der Waals surface area contributed by atoms with Gasteiger partial charge in [0.05, 0.1) is 13.0 Å². The van der Waals surface area contributed by atoms with Crippen LogP contribution in [0.2, 0.25) is 58.9 Å². The SMILES string of the molecule is CC1OC1OCCC(O[Si](C)(C)C)(O[Si](C)(C)C)O[Si](C)(C)C. The molecule has 1 heterocycles. The van der Waals surface area contributed by atoms with Crippen molar-refractivity contribution in [2.45, 2.75) is 90.6 Å². The van der Waals surface area contributed by atoms with Crippen molar-refractivity contribution in [3.05, 3.63) is 0 Å². The van der Waals surface area contributed by atoms with E-state index >= 15 is 0 Å². The van der Waals surface area contributed by atoms with Crippen LogP contribution in [-0.4, -0.2) is 49.9 Å². The van der Waals surface area contributed by atoms with Crippen molar-refractivity contribution in [1.29, 1.82) is 0 Å². The highest BCUT2D eigenvalue weighted by atomic mass is 28.4. The summed E-state index contributed by atoms with van der Waals surface area (Å²) in [6, 6.07) is 0. The van der Waals surface area contributed by atoms with E-state index in [2.05, 4.69) is 58.9 Å². The monoisotopic (exact) mass is 380 g/mol. The summed E-state index contributed by atoms with van der Waals surface area (Å²) in [6.45, 7) is 22.0. The van der Waals surface area contributed by atoms with Gasteiger partial charge in [0, 0.05) is 0 Å². The normalized spacial score (nSPS) is 23.2. The first-order valence-corrected chi connectivity index (χ1v) is 18.7. The molecule has 138 valence electrons. The van der Waals surface area contributed by atoms with E-state index in [1.54, 1.807) is 0 Å². The minimum Gasteiger partial charge on any atom is -0.371 e. The minimum absolute atomic E-state index is 0.0849. The minimum atomic E-state index is -1.86. The molecule has 0 spiro atoms. The number of hydrogen-bond donors (Lipinski definition) is 0. The molecule has 1 aliphatic rings. The third-order valence-electron chi connectivity index (χ3n) is 2.73. The summed E-state index contributed by atoms with van der Waals surface area (Å²) >= 11 is 0. The second kappa shape index (κ2) is 7.37. The molecule has 2 atom stereocenters. The molecule has 23 heavy (non-hydrogen) atoms. The van der Waals surface area contributed by atoms with Gasteiger partial charge >= 0.3 is 0 Å². The average molecular weight is 381 g/mol. The van der Waals surface area contributed by atoms with Crippen molar-refractivity contribution in [2.75, 3.05) is 6.61 Å². The van der Waals surface area contributed by atoms with Gasteiger partial charge in [-0.15, -0.1) is 0 Å². The highest BCUT2D eigenvalue weighted by Crippen LogP contribution is 2.33. The van der Waals surface area contributed by atoms with E-state index in [1.165, 1.54) is 0 Å². The van der Waals surface area contributed by atoms with Crippen LogP contribution < -0.4 is 0 Å². The number of hydrogen-bond acceptors (Lipinski definition) is 5. The molecule has 2 unspecified atom stereocenters. The summed E-state index contributed by atoms with van der Waals surface area (Å²) in [4.78, 5) is 0. The molecule has 0 aromatic rings. The Morgan fingerprint density at radius 1 is 0.783 bits per heavy atom. The van der Waals surface area contributed by atoms with Gasteiger partial charge in [-0.2, -0.15) is 0 Å². The summed E-state index contributed by atoms with van der Waals surface area (Å²) in [7, 11) is -5.58. The second-order valence-corrected chi connectivity index (χ2v) is 22.4. The average Bonchev–Trinajstić information content (AvgIpc) is 2.85. The van der Waals surface area contributed by atoms with Gasteiger partial charge in [0.25, 0.3) is 5.97 Å². The van der Waals surface area contributed by atoms with Gasteiger partial charge in [0.1, 0.15) is 6.10 Å². The molecule has 0 radical (unpaired) electrons. The summed E-state index contributed by atoms with van der Waals surface area (Å²) < 4.78 is 30.4. The standard InChI is InChI=1S/C15H36O5Si3/c1-13-14(17-13)16-12-11-15(18-21(2,3)4,19-22(5,6)7)20-23(8,9)10/h13-14H,11-12H2,1-10H3. The van der Waals surface area contributed by atoms with Crippen LogP contribution in [0.4, 0.5) is 0 Å². The zero-order valence-electron chi connectivity index (χ0n) is 16.6. The lowest BCUT2D eigenvalue weighted by molar-refractivity contribution is -0.279. The van der Waals surface area contributed by atoms with Crippen molar-refractivity contribution >= 4 is 25.0 Å². The van der Waals surface area contributed by atoms with Crippen molar-refractivity contribution in [3.8, 4) is 0 Å². The Balaban J connectivity index is 2.89. The van der Waals surface area contributed by atoms with Gasteiger partial charge in [0.2, 0.25) is 0 Å². The van der Waals surface area contributed by atoms with Crippen LogP contribution >= 0.6 is 0 Å². The molecule has 0 N–H and O–H groups in total. The first kappa shape index (κ1) is 21.5. The zero-order valence-corrected chi connectivity index (χ0v) is 19.6. The lowest BCUT2D eigenvalue weighted by Gasteiger charge is -2.45. The first-order chi connectivity index (χ1) is 10.1. The second-order valence-electron chi connectivity index (χ2n) is 9.16. The van der Waals surface area contributed by atoms with Gasteiger partial charge < -0.3 is 22.8 Å². The molecule has 1 fully saturated rings. The third-order valence-corrected chi connectivity index (χ3v) is 5.50. The summed E-state index contributed by atoms with van der Waals surface area (Å²) in [5.41, 5.74) is 0. The maximum absolute atomic E-state index is 6.45. The molecule has 1 saturated heterocycles. The Kier molecular flexibility index (Phi) is 6.88. The van der Waals surface area contributed by atoms with Crippen LogP contribution in [0.5, 0.6) is 0 Å². The summed E-state index contributed by atoms with van der Waals surface area (Å²) in [6.07, 6.45) is 0.676. The molecule has 0 bridgehead atoms. The predicted octanol–water partition coefficient (Wildman–Crippen LogP) is 4.35. The van der Waals surface area contributed by atoms with Crippen LogP contribution in [0.1, 0.15) is 13.3 Å². The molecule has 1 aliphatic heterocycles. The van der Waals surface area contributed by atoms with E-state index in [9.17, 15) is 0 Å². The smallest absolute Gasteiger partial charge is 0.256 e. The van der Waals surface area contributed by atoms with Crippen molar-refractivity contribution in [2.24, 2.45) is 0 Å². The van der Waals surface area contributed by atoms with E-state index in [0.29, 0.717) is 13.0 Å². The Morgan fingerprint density at radius 2 is 1.13 bits per heavy atom. The van der Waals surface area contributed by atoms with Gasteiger partial charge in [-0.05, 0) is 65.8 Å². The van der Waals surface area contributed by atoms with Crippen LogP contribution in [0.25, 0.3) is 0 Å². The summed E-state index contributed by atoms with van der Waals surface area (Å²) in [5, 5.41) is 0. The molecule has 5 nitrogen and oxygen atoms in total. The van der Waals surface area contributed by atoms with Gasteiger partial charge in [-0.1, -0.05) is 0 Å². The largest absolute Gasteiger partial charge is 0.371 e. The van der Waals surface area contributed by atoms with Crippen LogP contribution in [0, 0.1) is 0 Å². The van der Waals surface area contributed by atoms with Gasteiger partial charge in [-0.3, -0.25) is 0 Å². The molecule has 0 amide bonds. The maximum Gasteiger partial charge on any atom is 0.256 e. The fourth-order valence-electron chi connectivity index (χ4n) is 2.26. The predicted molar refractivity (Wildman–Crippen MR) is 101 cm³/mol. The zero-order chi connectivity index (χ0) is 18.1. The Morgan fingerprint density at radius 3 is 1.39 bits per heavy atom. The van der Waals surface area contributed by atoms with E-state index in [1.807, 2.05) is 6.92 Å². The van der Waals surface area contributed by atoms with Crippen LogP contribution in [-0.2, 0) is 22.8 Å². The van der Waals surface area contributed by atoms with Crippen molar-refractivity contribution < 1.29 is 22.8 Å². The van der Waals surface area contributed by atoms with Crippen LogP contribution in [0.3, 0.4) is 0 Å². The molecule has 0 aromatic carbocycles. The van der Waals surface area contributed by atoms with Crippen molar-refractivity contribution in [3.63, 3.8) is 0 Å². The number of ether oxygens (including phenoxy) is 2. The highest BCUT2D eigenvalue weighted by molar-refractivity contribution is 6.72. The number of rotatable bonds is 10. The van der Waals surface area contributed by atoms with Crippen LogP contribution in [0.15, 0.2) is 0 Å².